The van der Waals surface area contributed by atoms with Crippen molar-refractivity contribution in [1.29, 1.82) is 0 Å². The molecule has 0 radical (unpaired) electrons. The minimum absolute atomic E-state index is 0.0940. The summed E-state index contributed by atoms with van der Waals surface area (Å²) in [5.74, 6) is -0.789. The molecule has 2 amide bonds. The van der Waals surface area contributed by atoms with Gasteiger partial charge >= 0.3 is 0 Å². The number of carbonyl (C=O) groups excluding carboxylic acids is 2. The van der Waals surface area contributed by atoms with Crippen molar-refractivity contribution in [2.45, 2.75) is 46.7 Å². The summed E-state index contributed by atoms with van der Waals surface area (Å²) in [6, 6.07) is 5.41. The van der Waals surface area contributed by atoms with Crippen LogP contribution >= 0.6 is 0 Å². The van der Waals surface area contributed by atoms with E-state index in [0.717, 1.165) is 12.0 Å². The fourth-order valence-corrected chi connectivity index (χ4v) is 2.06. The van der Waals surface area contributed by atoms with E-state index in [1.54, 1.807) is 37.8 Å². The first-order valence-corrected chi connectivity index (χ1v) is 7.69. The molecular formula is C17H25FN2O2. The molecule has 0 spiro atoms. The van der Waals surface area contributed by atoms with E-state index in [2.05, 4.69) is 5.32 Å². The summed E-state index contributed by atoms with van der Waals surface area (Å²) < 4.78 is 13.0. The number of nitrogens with one attached hydrogen (secondary N) is 1. The lowest BCUT2D eigenvalue weighted by atomic mass is 10.1. The summed E-state index contributed by atoms with van der Waals surface area (Å²) in [5.41, 5.74) is 0.797. The van der Waals surface area contributed by atoms with Crippen LogP contribution in [0.1, 0.15) is 39.7 Å². The lowest BCUT2D eigenvalue weighted by Crippen LogP contribution is -2.49. The Kier molecular flexibility index (Phi) is 7.02. The summed E-state index contributed by atoms with van der Waals surface area (Å²) in [6.07, 6.45) is 0.842. The molecule has 0 bridgehead atoms. The number of rotatable bonds is 7. The van der Waals surface area contributed by atoms with E-state index >= 15 is 0 Å². The molecule has 1 N–H and O–H groups in total. The average molecular weight is 308 g/mol. The van der Waals surface area contributed by atoms with E-state index in [4.69, 9.17) is 0 Å². The molecule has 22 heavy (non-hydrogen) atoms. The second-order valence-corrected chi connectivity index (χ2v) is 5.71. The number of nitrogens with zero attached hydrogens (tertiary/aromatic N) is 1. The topological polar surface area (TPSA) is 49.4 Å². The first-order valence-electron chi connectivity index (χ1n) is 7.69. The molecule has 1 rings (SSSR count). The Labute approximate surface area is 131 Å². The largest absolute Gasteiger partial charge is 0.354 e. The van der Waals surface area contributed by atoms with Crippen LogP contribution in [0.3, 0.4) is 0 Å². The Morgan fingerprint density at radius 3 is 2.27 bits per heavy atom. The summed E-state index contributed by atoms with van der Waals surface area (Å²) in [4.78, 5) is 26.1. The summed E-state index contributed by atoms with van der Waals surface area (Å²) in [7, 11) is 0. The predicted octanol–water partition coefficient (Wildman–Crippen LogP) is 2.73. The van der Waals surface area contributed by atoms with Gasteiger partial charge in [-0.05, 0) is 31.0 Å². The Bertz CT molecular complexity index is 500. The van der Waals surface area contributed by atoms with Crippen LogP contribution < -0.4 is 5.32 Å². The first kappa shape index (κ1) is 18.1. The molecule has 0 aliphatic heterocycles. The Morgan fingerprint density at radius 1 is 1.18 bits per heavy atom. The monoisotopic (exact) mass is 308 g/mol. The molecule has 1 aromatic rings. The number of carbonyl (C=O) groups is 2. The molecule has 0 aliphatic rings. The molecular weight excluding hydrogens is 283 g/mol. The van der Waals surface area contributed by atoms with Crippen molar-refractivity contribution in [3.05, 3.63) is 35.6 Å². The van der Waals surface area contributed by atoms with Crippen LogP contribution in [0.5, 0.6) is 0 Å². The van der Waals surface area contributed by atoms with Crippen molar-refractivity contribution in [3.63, 3.8) is 0 Å². The van der Waals surface area contributed by atoms with E-state index < -0.39 is 6.04 Å². The summed E-state index contributed by atoms with van der Waals surface area (Å²) in [5, 5.41) is 2.81. The Morgan fingerprint density at radius 2 is 1.77 bits per heavy atom. The lowest BCUT2D eigenvalue weighted by molar-refractivity contribution is -0.143. The van der Waals surface area contributed by atoms with E-state index in [-0.39, 0.29) is 30.1 Å². The molecule has 0 aliphatic carbocycles. The van der Waals surface area contributed by atoms with Crippen LogP contribution in [-0.4, -0.2) is 29.3 Å². The molecule has 0 saturated carbocycles. The van der Waals surface area contributed by atoms with Crippen LogP contribution in [0.4, 0.5) is 4.39 Å². The van der Waals surface area contributed by atoms with Crippen LogP contribution in [0.2, 0.25) is 0 Å². The second-order valence-electron chi connectivity index (χ2n) is 5.71. The van der Waals surface area contributed by atoms with Crippen molar-refractivity contribution < 1.29 is 14.0 Å². The summed E-state index contributed by atoms with van der Waals surface area (Å²) in [6.45, 7) is 8.17. The molecule has 4 nitrogen and oxygen atoms in total. The molecule has 0 heterocycles. The van der Waals surface area contributed by atoms with Gasteiger partial charge in [-0.15, -0.1) is 0 Å². The predicted molar refractivity (Wildman–Crippen MR) is 84.6 cm³/mol. The highest BCUT2D eigenvalue weighted by atomic mass is 19.1. The SMILES string of the molecule is CCCNC(=O)C(C)N(Cc1ccc(F)cc1)C(=O)C(C)C. The maximum Gasteiger partial charge on any atom is 0.242 e. The smallest absolute Gasteiger partial charge is 0.242 e. The van der Waals surface area contributed by atoms with Crippen molar-refractivity contribution >= 4 is 11.8 Å². The third-order valence-corrected chi connectivity index (χ3v) is 3.44. The molecule has 0 saturated heterocycles. The van der Waals surface area contributed by atoms with E-state index in [1.807, 2.05) is 6.92 Å². The van der Waals surface area contributed by atoms with E-state index in [1.165, 1.54) is 12.1 Å². The number of benzene rings is 1. The van der Waals surface area contributed by atoms with Gasteiger partial charge in [0.1, 0.15) is 11.9 Å². The van der Waals surface area contributed by atoms with E-state index in [9.17, 15) is 14.0 Å². The lowest BCUT2D eigenvalue weighted by Gasteiger charge is -2.30. The maximum absolute atomic E-state index is 13.0. The normalized spacial score (nSPS) is 12.1. The van der Waals surface area contributed by atoms with Gasteiger partial charge in [-0.3, -0.25) is 9.59 Å². The zero-order valence-corrected chi connectivity index (χ0v) is 13.7. The summed E-state index contributed by atoms with van der Waals surface area (Å²) >= 11 is 0. The number of halogens is 1. The third-order valence-electron chi connectivity index (χ3n) is 3.44. The van der Waals surface area contributed by atoms with Gasteiger partial charge in [0.05, 0.1) is 0 Å². The molecule has 1 aromatic carbocycles. The zero-order chi connectivity index (χ0) is 16.7. The standard InChI is InChI=1S/C17H25FN2O2/c1-5-10-19-16(21)13(4)20(17(22)12(2)3)11-14-6-8-15(18)9-7-14/h6-9,12-13H,5,10-11H2,1-4H3,(H,19,21). The second kappa shape index (κ2) is 8.51. The third kappa shape index (κ3) is 5.13. The highest BCUT2D eigenvalue weighted by Gasteiger charge is 2.27. The van der Waals surface area contributed by atoms with Gasteiger partial charge in [-0.25, -0.2) is 4.39 Å². The van der Waals surface area contributed by atoms with Crippen molar-refractivity contribution in [2.75, 3.05) is 6.54 Å². The molecule has 0 aromatic heterocycles. The molecule has 1 unspecified atom stereocenters. The fourth-order valence-electron chi connectivity index (χ4n) is 2.06. The highest BCUT2D eigenvalue weighted by molar-refractivity contribution is 5.88. The molecule has 5 heteroatoms. The van der Waals surface area contributed by atoms with Crippen LogP contribution in [0.25, 0.3) is 0 Å². The van der Waals surface area contributed by atoms with Crippen LogP contribution in [0.15, 0.2) is 24.3 Å². The van der Waals surface area contributed by atoms with Gasteiger partial charge < -0.3 is 10.2 Å². The van der Waals surface area contributed by atoms with Gasteiger partial charge in [0.25, 0.3) is 0 Å². The maximum atomic E-state index is 13.0. The van der Waals surface area contributed by atoms with Crippen molar-refractivity contribution in [1.82, 2.24) is 10.2 Å². The minimum Gasteiger partial charge on any atom is -0.354 e. The van der Waals surface area contributed by atoms with Crippen molar-refractivity contribution in [3.8, 4) is 0 Å². The number of hydrogen-bond acceptors (Lipinski definition) is 2. The molecule has 122 valence electrons. The fraction of sp³-hybridized carbons (Fsp3) is 0.529. The molecule has 1 atom stereocenters. The van der Waals surface area contributed by atoms with Crippen molar-refractivity contribution in [2.24, 2.45) is 5.92 Å². The van der Waals surface area contributed by atoms with E-state index in [0.29, 0.717) is 6.54 Å². The van der Waals surface area contributed by atoms with Gasteiger partial charge in [0.2, 0.25) is 11.8 Å². The van der Waals surface area contributed by atoms with Gasteiger partial charge in [-0.2, -0.15) is 0 Å². The van der Waals surface area contributed by atoms with Gasteiger partial charge in [0, 0.05) is 19.0 Å². The highest BCUT2D eigenvalue weighted by Crippen LogP contribution is 2.13. The Balaban J connectivity index is 2.90. The quantitative estimate of drug-likeness (QED) is 0.842. The van der Waals surface area contributed by atoms with Crippen LogP contribution in [-0.2, 0) is 16.1 Å². The van der Waals surface area contributed by atoms with Crippen LogP contribution in [0, 0.1) is 11.7 Å². The van der Waals surface area contributed by atoms with Gasteiger partial charge in [-0.1, -0.05) is 32.9 Å². The zero-order valence-electron chi connectivity index (χ0n) is 13.7. The van der Waals surface area contributed by atoms with Gasteiger partial charge in [0.15, 0.2) is 0 Å². The number of hydrogen-bond donors (Lipinski definition) is 1. The average Bonchev–Trinajstić information content (AvgIpc) is 2.50. The Hall–Kier alpha value is -1.91. The molecule has 0 fully saturated rings. The minimum atomic E-state index is -0.563. The number of amides is 2. The first-order chi connectivity index (χ1) is 10.4.